The molecule has 2 N–H and O–H groups in total. The molecule has 3 rings (SSSR count). The fraction of sp³-hybridized carbons (Fsp3) is 0.905. The van der Waals surface area contributed by atoms with Crippen molar-refractivity contribution in [3.63, 3.8) is 0 Å². The first-order chi connectivity index (χ1) is 13.8. The third-order valence-electron chi connectivity index (χ3n) is 5.98. The molecule has 160 valence electrons. The maximum Gasteiger partial charge on any atom is 0.225 e. The molecule has 2 saturated heterocycles. The monoisotopic (exact) mass is 394 g/mol. The summed E-state index contributed by atoms with van der Waals surface area (Å²) in [4.78, 5) is 19.3. The number of ether oxygens (including phenoxy) is 2. The Labute approximate surface area is 169 Å². The summed E-state index contributed by atoms with van der Waals surface area (Å²) >= 11 is 0. The van der Waals surface area contributed by atoms with Crippen LogP contribution in [0.15, 0.2) is 4.99 Å². The van der Waals surface area contributed by atoms with Gasteiger partial charge in [-0.25, -0.2) is 0 Å². The molecule has 28 heavy (non-hydrogen) atoms. The van der Waals surface area contributed by atoms with Crippen molar-refractivity contribution in [1.29, 1.82) is 0 Å². The third-order valence-corrected chi connectivity index (χ3v) is 5.98. The van der Waals surface area contributed by atoms with Gasteiger partial charge in [-0.1, -0.05) is 12.8 Å². The molecular weight excluding hydrogens is 356 g/mol. The highest BCUT2D eigenvalue weighted by molar-refractivity contribution is 5.81. The molecule has 1 amide bonds. The summed E-state index contributed by atoms with van der Waals surface area (Å²) in [6.07, 6.45) is 7.61. The summed E-state index contributed by atoms with van der Waals surface area (Å²) in [6, 6.07) is 0.293. The Morgan fingerprint density at radius 2 is 2.11 bits per heavy atom. The molecule has 2 heterocycles. The molecule has 3 aliphatic rings. The number of guanidine groups is 1. The van der Waals surface area contributed by atoms with Crippen LogP contribution in [0.1, 0.15) is 51.9 Å². The number of carbonyl (C=O) groups excluding carboxylic acids is 1. The number of nitrogens with zero attached hydrogens (tertiary/aromatic N) is 2. The highest BCUT2D eigenvalue weighted by Gasteiger charge is 2.32. The van der Waals surface area contributed by atoms with Gasteiger partial charge in [-0.15, -0.1) is 0 Å². The number of nitrogens with one attached hydrogen (secondary N) is 2. The SMILES string of the molecule is CCNC(=NCCCOCC1CCOC1)NC1CCN(C(=O)C2CCCC2)C1. The zero-order valence-corrected chi connectivity index (χ0v) is 17.5. The lowest BCUT2D eigenvalue weighted by Crippen LogP contribution is -2.45. The Morgan fingerprint density at radius 1 is 1.25 bits per heavy atom. The number of amides is 1. The minimum atomic E-state index is 0.274. The quantitative estimate of drug-likeness (QED) is 0.354. The van der Waals surface area contributed by atoms with Crippen molar-refractivity contribution in [2.75, 3.05) is 52.6 Å². The summed E-state index contributed by atoms with van der Waals surface area (Å²) in [5, 5.41) is 6.84. The zero-order chi connectivity index (χ0) is 19.6. The summed E-state index contributed by atoms with van der Waals surface area (Å²) in [5.74, 6) is 2.07. The molecule has 2 aliphatic heterocycles. The maximum atomic E-state index is 12.6. The summed E-state index contributed by atoms with van der Waals surface area (Å²) in [5.41, 5.74) is 0. The van der Waals surface area contributed by atoms with Gasteiger partial charge in [-0.2, -0.15) is 0 Å². The largest absolute Gasteiger partial charge is 0.381 e. The van der Waals surface area contributed by atoms with Crippen LogP contribution in [0.2, 0.25) is 0 Å². The zero-order valence-electron chi connectivity index (χ0n) is 17.5. The molecule has 0 aromatic heterocycles. The van der Waals surface area contributed by atoms with Gasteiger partial charge < -0.3 is 25.0 Å². The molecule has 0 spiro atoms. The normalized spacial score (nSPS) is 26.2. The van der Waals surface area contributed by atoms with Crippen molar-refractivity contribution in [3.05, 3.63) is 0 Å². The van der Waals surface area contributed by atoms with E-state index in [1.807, 2.05) is 0 Å². The maximum absolute atomic E-state index is 12.6. The van der Waals surface area contributed by atoms with E-state index in [9.17, 15) is 4.79 Å². The molecule has 0 radical (unpaired) electrons. The lowest BCUT2D eigenvalue weighted by Gasteiger charge is -2.21. The van der Waals surface area contributed by atoms with Crippen molar-refractivity contribution >= 4 is 11.9 Å². The standard InChI is InChI=1S/C21H38N4O3/c1-2-22-21(23-10-5-12-27-15-17-9-13-28-16-17)24-19-8-11-25(14-19)20(26)18-6-3-4-7-18/h17-19H,2-16H2,1H3,(H2,22,23,24). The first-order valence-electron chi connectivity index (χ1n) is 11.3. The highest BCUT2D eigenvalue weighted by Crippen LogP contribution is 2.27. The molecule has 0 bridgehead atoms. The molecule has 2 unspecified atom stereocenters. The average molecular weight is 395 g/mol. The lowest BCUT2D eigenvalue weighted by molar-refractivity contribution is -0.134. The second-order valence-corrected chi connectivity index (χ2v) is 8.31. The number of hydrogen-bond donors (Lipinski definition) is 2. The molecular formula is C21H38N4O3. The predicted molar refractivity (Wildman–Crippen MR) is 110 cm³/mol. The lowest BCUT2D eigenvalue weighted by atomic mass is 10.1. The summed E-state index contributed by atoms with van der Waals surface area (Å²) < 4.78 is 11.1. The van der Waals surface area contributed by atoms with E-state index < -0.39 is 0 Å². The molecule has 2 atom stereocenters. The molecule has 7 heteroatoms. The minimum Gasteiger partial charge on any atom is -0.381 e. The van der Waals surface area contributed by atoms with E-state index in [2.05, 4.69) is 27.4 Å². The van der Waals surface area contributed by atoms with E-state index in [1.54, 1.807) is 0 Å². The van der Waals surface area contributed by atoms with Crippen LogP contribution in [0.3, 0.4) is 0 Å². The summed E-state index contributed by atoms with van der Waals surface area (Å²) in [7, 11) is 0. The number of likely N-dealkylation sites (tertiary alicyclic amines) is 1. The van der Waals surface area contributed by atoms with Gasteiger partial charge in [-0.05, 0) is 39.0 Å². The molecule has 7 nitrogen and oxygen atoms in total. The average Bonchev–Trinajstić information content (AvgIpc) is 3.47. The minimum absolute atomic E-state index is 0.274. The smallest absolute Gasteiger partial charge is 0.225 e. The van der Waals surface area contributed by atoms with Crippen LogP contribution in [0, 0.1) is 11.8 Å². The second kappa shape index (κ2) is 11.6. The van der Waals surface area contributed by atoms with Crippen LogP contribution in [-0.2, 0) is 14.3 Å². The first kappa shape index (κ1) is 21.4. The van der Waals surface area contributed by atoms with Crippen LogP contribution in [0.4, 0.5) is 0 Å². The second-order valence-electron chi connectivity index (χ2n) is 8.31. The van der Waals surface area contributed by atoms with E-state index >= 15 is 0 Å². The molecule has 3 fully saturated rings. The number of hydrogen-bond acceptors (Lipinski definition) is 4. The van der Waals surface area contributed by atoms with Gasteiger partial charge >= 0.3 is 0 Å². The van der Waals surface area contributed by atoms with Crippen molar-refractivity contribution in [2.24, 2.45) is 16.8 Å². The fourth-order valence-corrected chi connectivity index (χ4v) is 4.34. The third kappa shape index (κ3) is 6.62. The Bertz CT molecular complexity index is 502. The van der Waals surface area contributed by atoms with E-state index in [0.717, 1.165) is 90.7 Å². The number of aliphatic imine (C=N–C) groups is 1. The Balaban J connectivity index is 1.34. The van der Waals surface area contributed by atoms with Crippen LogP contribution in [0.5, 0.6) is 0 Å². The van der Waals surface area contributed by atoms with E-state index in [4.69, 9.17) is 9.47 Å². The predicted octanol–water partition coefficient (Wildman–Crippen LogP) is 1.78. The van der Waals surface area contributed by atoms with Crippen LogP contribution >= 0.6 is 0 Å². The molecule has 0 aromatic rings. The number of rotatable bonds is 9. The van der Waals surface area contributed by atoms with Crippen molar-refractivity contribution in [3.8, 4) is 0 Å². The van der Waals surface area contributed by atoms with Gasteiger partial charge in [0.2, 0.25) is 5.91 Å². The van der Waals surface area contributed by atoms with Crippen molar-refractivity contribution in [2.45, 2.75) is 57.9 Å². The van der Waals surface area contributed by atoms with Gasteiger partial charge in [0.15, 0.2) is 5.96 Å². The van der Waals surface area contributed by atoms with Crippen molar-refractivity contribution < 1.29 is 14.3 Å². The van der Waals surface area contributed by atoms with Gasteiger partial charge in [0.25, 0.3) is 0 Å². The Morgan fingerprint density at radius 3 is 2.86 bits per heavy atom. The van der Waals surface area contributed by atoms with Crippen LogP contribution in [0.25, 0.3) is 0 Å². The van der Waals surface area contributed by atoms with Gasteiger partial charge in [0.05, 0.1) is 13.2 Å². The molecule has 1 saturated carbocycles. The van der Waals surface area contributed by atoms with Gasteiger partial charge in [-0.3, -0.25) is 9.79 Å². The highest BCUT2D eigenvalue weighted by atomic mass is 16.5. The topological polar surface area (TPSA) is 75.2 Å². The molecule has 1 aliphatic carbocycles. The van der Waals surface area contributed by atoms with Crippen LogP contribution < -0.4 is 10.6 Å². The van der Waals surface area contributed by atoms with E-state index in [1.165, 1.54) is 12.8 Å². The summed E-state index contributed by atoms with van der Waals surface area (Å²) in [6.45, 7) is 8.58. The van der Waals surface area contributed by atoms with Gasteiger partial charge in [0.1, 0.15) is 0 Å². The van der Waals surface area contributed by atoms with Gasteiger partial charge in [0, 0.05) is 57.3 Å². The number of carbonyl (C=O) groups is 1. The Hall–Kier alpha value is -1.34. The Kier molecular flexibility index (Phi) is 8.86. The van der Waals surface area contributed by atoms with E-state index in [0.29, 0.717) is 17.9 Å². The first-order valence-corrected chi connectivity index (χ1v) is 11.3. The fourth-order valence-electron chi connectivity index (χ4n) is 4.34. The van der Waals surface area contributed by atoms with E-state index in [-0.39, 0.29) is 5.92 Å². The molecule has 0 aromatic carbocycles. The van der Waals surface area contributed by atoms with Crippen LogP contribution in [-0.4, -0.2) is 75.4 Å². The van der Waals surface area contributed by atoms with Crippen molar-refractivity contribution in [1.82, 2.24) is 15.5 Å².